The lowest BCUT2D eigenvalue weighted by molar-refractivity contribution is 0.609. The predicted octanol–water partition coefficient (Wildman–Crippen LogP) is 10.5. The predicted molar refractivity (Wildman–Crippen MR) is 173 cm³/mol. The van der Waals surface area contributed by atoms with Gasteiger partial charge in [0.05, 0.1) is 5.54 Å². The number of hydrogen-bond donors (Lipinski definition) is 1. The Morgan fingerprint density at radius 1 is 0.525 bits per heavy atom. The van der Waals surface area contributed by atoms with Gasteiger partial charge in [-0.2, -0.15) is 0 Å². The summed E-state index contributed by atoms with van der Waals surface area (Å²) in [5.41, 5.74) is 8.83. The first-order valence-corrected chi connectivity index (χ1v) is 13.9. The van der Waals surface area contributed by atoms with E-state index in [-0.39, 0.29) is 11.0 Å². The first-order valence-electron chi connectivity index (χ1n) is 13.9. The van der Waals surface area contributed by atoms with Crippen molar-refractivity contribution in [3.05, 3.63) is 163 Å². The van der Waals surface area contributed by atoms with Crippen LogP contribution in [0.4, 0.5) is 22.7 Å². The molecule has 0 saturated heterocycles. The van der Waals surface area contributed by atoms with Gasteiger partial charge in [-0.15, -0.1) is 0 Å². The molecule has 5 aromatic carbocycles. The Bertz CT molecular complexity index is 1490. The van der Waals surface area contributed by atoms with Gasteiger partial charge in [0, 0.05) is 28.2 Å². The number of allylic oxidation sites excluding steroid dienone is 1. The molecule has 5 rings (SSSR count). The lowest BCUT2D eigenvalue weighted by Crippen LogP contribution is -2.28. The Kier molecular flexibility index (Phi) is 7.62. The van der Waals surface area contributed by atoms with Gasteiger partial charge in [-0.1, -0.05) is 111 Å². The van der Waals surface area contributed by atoms with E-state index in [1.54, 1.807) is 0 Å². The molecule has 0 aliphatic carbocycles. The minimum atomic E-state index is -0.256. The van der Waals surface area contributed by atoms with E-state index in [1.807, 2.05) is 6.07 Å². The van der Waals surface area contributed by atoms with E-state index < -0.39 is 0 Å². The van der Waals surface area contributed by atoms with E-state index in [4.69, 9.17) is 0 Å². The first-order chi connectivity index (χ1) is 19.3. The lowest BCUT2D eigenvalue weighted by Gasteiger charge is -2.31. The van der Waals surface area contributed by atoms with Crippen molar-refractivity contribution < 1.29 is 0 Å². The number of hydrogen-bond acceptors (Lipinski definition) is 2. The van der Waals surface area contributed by atoms with Crippen LogP contribution < -0.4 is 10.2 Å². The van der Waals surface area contributed by atoms with E-state index in [2.05, 4.69) is 178 Å². The fraction of sp³-hybridized carbons (Fsp3) is 0.158. The normalized spacial score (nSPS) is 11.6. The maximum absolute atomic E-state index is 4.43. The Balaban J connectivity index is 1.34. The zero-order valence-corrected chi connectivity index (χ0v) is 23.9. The van der Waals surface area contributed by atoms with Crippen LogP contribution in [-0.4, -0.2) is 0 Å². The van der Waals surface area contributed by atoms with Crippen LogP contribution in [0.2, 0.25) is 0 Å². The van der Waals surface area contributed by atoms with Crippen LogP contribution in [0.5, 0.6) is 0 Å². The Morgan fingerprint density at radius 2 is 0.950 bits per heavy atom. The maximum atomic E-state index is 4.43. The summed E-state index contributed by atoms with van der Waals surface area (Å²) >= 11 is 0. The Hall–Kier alpha value is -4.56. The number of nitrogens with one attached hydrogen (secondary N) is 1. The van der Waals surface area contributed by atoms with E-state index in [9.17, 15) is 0 Å². The Morgan fingerprint density at radius 3 is 1.45 bits per heavy atom. The standard InChI is InChI=1S/C38H38N2/c1-29(30-15-9-6-10-16-30)37(2,3)31-21-25-33(26-22-31)39-38(4,5)32-23-27-36(28-24-32)40(34-17-11-7-12-18-34)35-19-13-8-14-20-35/h6-28,39H,1H2,2-5H3. The molecular weight excluding hydrogens is 484 g/mol. The lowest BCUT2D eigenvalue weighted by atomic mass is 9.75. The summed E-state index contributed by atoms with van der Waals surface area (Å²) in [6.07, 6.45) is 0. The number of benzene rings is 5. The van der Waals surface area contributed by atoms with Crippen molar-refractivity contribution in [3.63, 3.8) is 0 Å². The van der Waals surface area contributed by atoms with E-state index in [1.165, 1.54) is 16.7 Å². The van der Waals surface area contributed by atoms with Gasteiger partial charge in [0.25, 0.3) is 0 Å². The van der Waals surface area contributed by atoms with Crippen LogP contribution >= 0.6 is 0 Å². The summed E-state index contributed by atoms with van der Waals surface area (Å²) in [6, 6.07) is 49.1. The van der Waals surface area contributed by atoms with Crippen LogP contribution in [0.3, 0.4) is 0 Å². The number of rotatable bonds is 9. The molecule has 1 N–H and O–H groups in total. The van der Waals surface area contributed by atoms with E-state index >= 15 is 0 Å². The van der Waals surface area contributed by atoms with E-state index in [0.717, 1.165) is 28.3 Å². The third-order valence-electron chi connectivity index (χ3n) is 7.82. The van der Waals surface area contributed by atoms with Crippen LogP contribution in [0, 0.1) is 0 Å². The molecule has 40 heavy (non-hydrogen) atoms. The van der Waals surface area contributed by atoms with Gasteiger partial charge in [0.1, 0.15) is 0 Å². The van der Waals surface area contributed by atoms with Crippen molar-refractivity contribution in [1.82, 2.24) is 0 Å². The molecule has 0 aromatic heterocycles. The summed E-state index contributed by atoms with van der Waals surface area (Å²) < 4.78 is 0. The second-order valence-electron chi connectivity index (χ2n) is 11.4. The molecule has 2 heteroatoms. The highest BCUT2D eigenvalue weighted by Crippen LogP contribution is 2.38. The summed E-state index contributed by atoms with van der Waals surface area (Å²) in [6.45, 7) is 13.4. The number of para-hydroxylation sites is 2. The third-order valence-corrected chi connectivity index (χ3v) is 7.82. The molecule has 0 amide bonds. The molecule has 0 bridgehead atoms. The van der Waals surface area contributed by atoms with Crippen molar-refractivity contribution in [2.24, 2.45) is 0 Å². The quantitative estimate of drug-likeness (QED) is 0.207. The average molecular weight is 523 g/mol. The van der Waals surface area contributed by atoms with Crippen LogP contribution in [-0.2, 0) is 11.0 Å². The molecule has 0 fully saturated rings. The van der Waals surface area contributed by atoms with Gasteiger partial charge in [-0.25, -0.2) is 0 Å². The van der Waals surface area contributed by atoms with Gasteiger partial charge in [-0.3, -0.25) is 0 Å². The molecule has 0 radical (unpaired) electrons. The van der Waals surface area contributed by atoms with Crippen molar-refractivity contribution in [3.8, 4) is 0 Å². The first kappa shape index (κ1) is 27.0. The highest BCUT2D eigenvalue weighted by Gasteiger charge is 2.26. The molecule has 0 aliphatic rings. The summed E-state index contributed by atoms with van der Waals surface area (Å²) in [7, 11) is 0. The second kappa shape index (κ2) is 11.3. The molecule has 2 nitrogen and oxygen atoms in total. The minimum Gasteiger partial charge on any atom is -0.376 e. The van der Waals surface area contributed by atoms with E-state index in [0.29, 0.717) is 0 Å². The van der Waals surface area contributed by atoms with Gasteiger partial charge in [-0.05, 0) is 84.6 Å². The number of anilines is 4. The van der Waals surface area contributed by atoms with Gasteiger partial charge in [0.2, 0.25) is 0 Å². The second-order valence-corrected chi connectivity index (χ2v) is 11.4. The number of nitrogens with zero attached hydrogens (tertiary/aromatic N) is 1. The van der Waals surface area contributed by atoms with Crippen LogP contribution in [0.15, 0.2) is 146 Å². The molecule has 0 heterocycles. The molecule has 0 atom stereocenters. The molecule has 0 spiro atoms. The zero-order chi connectivity index (χ0) is 28.2. The fourth-order valence-corrected chi connectivity index (χ4v) is 5.21. The summed E-state index contributed by atoms with van der Waals surface area (Å²) in [4.78, 5) is 2.29. The summed E-state index contributed by atoms with van der Waals surface area (Å²) in [5.74, 6) is 0. The Labute approximate surface area is 239 Å². The summed E-state index contributed by atoms with van der Waals surface area (Å²) in [5, 5.41) is 3.75. The van der Waals surface area contributed by atoms with Crippen LogP contribution in [0.1, 0.15) is 44.4 Å². The van der Waals surface area contributed by atoms with Crippen LogP contribution in [0.25, 0.3) is 5.57 Å². The minimum absolute atomic E-state index is 0.172. The van der Waals surface area contributed by atoms with Gasteiger partial charge < -0.3 is 10.2 Å². The maximum Gasteiger partial charge on any atom is 0.0569 e. The molecule has 0 aliphatic heterocycles. The van der Waals surface area contributed by atoms with Crippen molar-refractivity contribution in [1.29, 1.82) is 0 Å². The highest BCUT2D eigenvalue weighted by molar-refractivity contribution is 5.76. The third kappa shape index (κ3) is 5.72. The van der Waals surface area contributed by atoms with Gasteiger partial charge in [0.15, 0.2) is 0 Å². The average Bonchev–Trinajstić information content (AvgIpc) is 2.99. The highest BCUT2D eigenvalue weighted by atomic mass is 15.1. The monoisotopic (exact) mass is 522 g/mol. The molecule has 0 unspecified atom stereocenters. The fourth-order valence-electron chi connectivity index (χ4n) is 5.21. The SMILES string of the molecule is C=C(c1ccccc1)C(C)(C)c1ccc(NC(C)(C)c2ccc(N(c3ccccc3)c3ccccc3)cc2)cc1. The molecule has 200 valence electrons. The molecule has 5 aromatic rings. The zero-order valence-electron chi connectivity index (χ0n) is 23.9. The van der Waals surface area contributed by atoms with Crippen molar-refractivity contribution >= 4 is 28.3 Å². The smallest absolute Gasteiger partial charge is 0.0569 e. The van der Waals surface area contributed by atoms with Gasteiger partial charge >= 0.3 is 0 Å². The largest absolute Gasteiger partial charge is 0.376 e. The van der Waals surface area contributed by atoms with Crippen molar-refractivity contribution in [2.45, 2.75) is 38.6 Å². The molecule has 0 saturated carbocycles. The molecular formula is C38H38N2. The van der Waals surface area contributed by atoms with Crippen molar-refractivity contribution in [2.75, 3.05) is 10.2 Å². The topological polar surface area (TPSA) is 15.3 Å².